The highest BCUT2D eigenvalue weighted by atomic mass is 19.1. The van der Waals surface area contributed by atoms with E-state index in [0.717, 1.165) is 16.9 Å². The van der Waals surface area contributed by atoms with E-state index >= 15 is 0 Å². The molecule has 1 aliphatic carbocycles. The Morgan fingerprint density at radius 2 is 1.82 bits per heavy atom. The number of allylic oxidation sites excluding steroid dienone is 3. The number of carbonyl (C=O) groups is 1. The molecule has 196 valence electrons. The number of amides is 1. The molecular weight excluding hydrogens is 483 g/mol. The summed E-state index contributed by atoms with van der Waals surface area (Å²) in [6, 6.07) is 22.3. The van der Waals surface area contributed by atoms with E-state index in [1.165, 1.54) is 12.3 Å². The third kappa shape index (κ3) is 9.90. The molecule has 0 aliphatic heterocycles. The summed E-state index contributed by atoms with van der Waals surface area (Å²) >= 11 is 0. The molecule has 2 aromatic carbocycles. The lowest BCUT2D eigenvalue weighted by molar-refractivity contribution is -0.109. The second kappa shape index (κ2) is 16.6. The van der Waals surface area contributed by atoms with Crippen LogP contribution in [0, 0.1) is 0 Å². The Bertz CT molecular complexity index is 1240. The van der Waals surface area contributed by atoms with Gasteiger partial charge in [0.25, 0.3) is 0 Å². The molecule has 0 unspecified atom stereocenters. The minimum atomic E-state index is -0.281. The van der Waals surface area contributed by atoms with E-state index in [1.807, 2.05) is 65.5 Å². The van der Waals surface area contributed by atoms with Crippen LogP contribution >= 0.6 is 0 Å². The van der Waals surface area contributed by atoms with Crippen molar-refractivity contribution < 1.29 is 13.9 Å². The summed E-state index contributed by atoms with van der Waals surface area (Å²) in [6.45, 7) is 6.59. The van der Waals surface area contributed by atoms with Crippen LogP contribution < -0.4 is 11.1 Å². The summed E-state index contributed by atoms with van der Waals surface area (Å²) in [5.41, 5.74) is 9.70. The van der Waals surface area contributed by atoms with Crippen molar-refractivity contribution in [2.45, 2.75) is 6.42 Å². The second-order valence-corrected chi connectivity index (χ2v) is 7.53. The fraction of sp³-hybridized carbons (Fsp3) is 0.103. The van der Waals surface area contributed by atoms with Crippen molar-refractivity contribution in [1.29, 1.82) is 0 Å². The molecule has 8 nitrogen and oxygen atoms in total. The zero-order valence-corrected chi connectivity index (χ0v) is 21.2. The molecule has 0 saturated heterocycles. The fourth-order valence-electron chi connectivity index (χ4n) is 3.04. The van der Waals surface area contributed by atoms with Crippen molar-refractivity contribution >= 4 is 19.8 Å². The van der Waals surface area contributed by atoms with Gasteiger partial charge in [0.2, 0.25) is 12.3 Å². The van der Waals surface area contributed by atoms with Crippen molar-refractivity contribution in [2.75, 3.05) is 13.7 Å². The molecule has 38 heavy (non-hydrogen) atoms. The number of para-hydroxylation sites is 1. The van der Waals surface area contributed by atoms with Crippen LogP contribution in [0.4, 0.5) is 4.39 Å². The third-order valence-corrected chi connectivity index (χ3v) is 4.83. The SMILES string of the molecule is C=N/C=C(\N=C)OCC1=C(F)CC=CC(N)=C1.CNC=O.c1ccc(-c2ccn(-c3ccccc3)n2)cc1. The first kappa shape index (κ1) is 29.2. The van der Waals surface area contributed by atoms with E-state index in [-0.39, 0.29) is 24.7 Å². The van der Waals surface area contributed by atoms with Crippen LogP contribution in [0.15, 0.2) is 130 Å². The molecule has 1 heterocycles. The number of benzene rings is 2. The van der Waals surface area contributed by atoms with Gasteiger partial charge in [-0.15, -0.1) is 0 Å². The smallest absolute Gasteiger partial charge is 0.231 e. The maximum atomic E-state index is 13.6. The highest BCUT2D eigenvalue weighted by molar-refractivity contribution is 5.58. The standard InChI is InChI=1S/C15H12N2.C12H14FN3O.C2H5NO/c1-3-7-13(8-4-1)15-11-12-17(16-15)14-9-5-2-6-10-14;1-15-7-12(16-2)17-8-9-6-10(14)4-3-5-11(9)13;1-3-2-4/h1-12H;3-4,6-7H,1-2,5,8,14H2;2H,1H3,(H,3,4)/b;12-7+;. The van der Waals surface area contributed by atoms with Crippen molar-refractivity contribution in [3.8, 4) is 16.9 Å². The van der Waals surface area contributed by atoms with Gasteiger partial charge in [-0.05, 0) is 43.8 Å². The Morgan fingerprint density at radius 1 is 1.16 bits per heavy atom. The van der Waals surface area contributed by atoms with Gasteiger partial charge in [0, 0.05) is 36.5 Å². The first-order chi connectivity index (χ1) is 18.5. The van der Waals surface area contributed by atoms with Gasteiger partial charge in [-0.3, -0.25) is 9.79 Å². The maximum absolute atomic E-state index is 13.6. The van der Waals surface area contributed by atoms with Crippen LogP contribution in [-0.4, -0.2) is 43.3 Å². The van der Waals surface area contributed by atoms with Crippen LogP contribution in [0.3, 0.4) is 0 Å². The average Bonchev–Trinajstić information content (AvgIpc) is 3.40. The predicted octanol–water partition coefficient (Wildman–Crippen LogP) is 5.13. The number of nitrogens with two attached hydrogens (primary N) is 1. The number of nitrogens with zero attached hydrogens (tertiary/aromatic N) is 4. The summed E-state index contributed by atoms with van der Waals surface area (Å²) < 4.78 is 20.7. The number of carbonyl (C=O) groups excluding carboxylic acids is 1. The zero-order chi connectivity index (χ0) is 27.6. The van der Waals surface area contributed by atoms with Gasteiger partial charge >= 0.3 is 0 Å². The predicted molar refractivity (Wildman–Crippen MR) is 151 cm³/mol. The molecular formula is C29H31FN6O2. The van der Waals surface area contributed by atoms with E-state index in [2.05, 4.69) is 46.0 Å². The summed E-state index contributed by atoms with van der Waals surface area (Å²) in [4.78, 5) is 16.1. The molecule has 3 aromatic rings. The van der Waals surface area contributed by atoms with Crippen LogP contribution in [0.5, 0.6) is 0 Å². The molecule has 0 atom stereocenters. The van der Waals surface area contributed by atoms with E-state index < -0.39 is 0 Å². The van der Waals surface area contributed by atoms with Gasteiger partial charge in [-0.25, -0.2) is 14.1 Å². The van der Waals surface area contributed by atoms with E-state index in [4.69, 9.17) is 15.3 Å². The summed E-state index contributed by atoms with van der Waals surface area (Å²) in [5.74, 6) is -0.0962. The average molecular weight is 515 g/mol. The molecule has 0 radical (unpaired) electrons. The van der Waals surface area contributed by atoms with Crippen molar-refractivity contribution in [3.05, 3.63) is 120 Å². The molecule has 0 spiro atoms. The Labute approximate surface area is 222 Å². The Balaban J connectivity index is 0.000000234. The summed E-state index contributed by atoms with van der Waals surface area (Å²) in [6.07, 6.45) is 8.95. The zero-order valence-electron chi connectivity index (χ0n) is 21.2. The van der Waals surface area contributed by atoms with Gasteiger partial charge in [-0.1, -0.05) is 54.6 Å². The minimum Gasteiger partial charge on any atom is -0.472 e. The minimum absolute atomic E-state index is 0.0224. The number of hydrogen-bond acceptors (Lipinski definition) is 6. The number of halogens is 1. The Hall–Kier alpha value is -5.05. The van der Waals surface area contributed by atoms with Crippen molar-refractivity contribution in [1.82, 2.24) is 15.1 Å². The molecule has 0 fully saturated rings. The first-order valence-corrected chi connectivity index (χ1v) is 11.6. The highest BCUT2D eigenvalue weighted by Crippen LogP contribution is 2.19. The van der Waals surface area contributed by atoms with Crippen LogP contribution in [0.1, 0.15) is 6.42 Å². The number of aliphatic imine (C=N–C) groups is 2. The molecule has 1 aliphatic rings. The van der Waals surface area contributed by atoms with Crippen LogP contribution in [-0.2, 0) is 9.53 Å². The molecule has 0 bridgehead atoms. The second-order valence-electron chi connectivity index (χ2n) is 7.53. The molecule has 1 amide bonds. The maximum Gasteiger partial charge on any atom is 0.231 e. The quantitative estimate of drug-likeness (QED) is 0.247. The Kier molecular flexibility index (Phi) is 12.7. The molecule has 0 saturated carbocycles. The molecule has 9 heteroatoms. The number of ether oxygens (including phenoxy) is 1. The van der Waals surface area contributed by atoms with E-state index in [9.17, 15) is 4.39 Å². The largest absolute Gasteiger partial charge is 0.472 e. The molecule has 4 rings (SSSR count). The number of hydrogen-bond donors (Lipinski definition) is 2. The van der Waals surface area contributed by atoms with Crippen LogP contribution in [0.2, 0.25) is 0 Å². The van der Waals surface area contributed by atoms with Crippen molar-refractivity contribution in [3.63, 3.8) is 0 Å². The topological polar surface area (TPSA) is 107 Å². The van der Waals surface area contributed by atoms with E-state index in [0.29, 0.717) is 17.7 Å². The van der Waals surface area contributed by atoms with Gasteiger partial charge in [0.1, 0.15) is 12.4 Å². The lowest BCUT2D eigenvalue weighted by Gasteiger charge is -2.07. The molecule has 1 aromatic heterocycles. The number of aromatic nitrogens is 2. The monoisotopic (exact) mass is 514 g/mol. The third-order valence-electron chi connectivity index (χ3n) is 4.83. The highest BCUT2D eigenvalue weighted by Gasteiger charge is 2.08. The van der Waals surface area contributed by atoms with Gasteiger partial charge < -0.3 is 15.8 Å². The van der Waals surface area contributed by atoms with Gasteiger partial charge in [0.15, 0.2) is 0 Å². The van der Waals surface area contributed by atoms with Crippen LogP contribution in [0.25, 0.3) is 16.9 Å². The lowest BCUT2D eigenvalue weighted by Crippen LogP contribution is -2.00. The van der Waals surface area contributed by atoms with Gasteiger partial charge in [0.05, 0.1) is 17.6 Å². The van der Waals surface area contributed by atoms with Gasteiger partial charge in [-0.2, -0.15) is 5.10 Å². The fourth-order valence-corrected chi connectivity index (χ4v) is 3.04. The van der Waals surface area contributed by atoms with E-state index in [1.54, 1.807) is 19.2 Å². The van der Waals surface area contributed by atoms with Crippen molar-refractivity contribution in [2.24, 2.45) is 15.7 Å². The number of nitrogens with one attached hydrogen (secondary N) is 1. The first-order valence-electron chi connectivity index (χ1n) is 11.6. The summed E-state index contributed by atoms with van der Waals surface area (Å²) in [5, 5.41) is 6.82. The lowest BCUT2D eigenvalue weighted by atomic mass is 10.2. The Morgan fingerprint density at radius 3 is 2.42 bits per heavy atom. The normalized spacial score (nSPS) is 12.5. The summed E-state index contributed by atoms with van der Waals surface area (Å²) in [7, 11) is 1.56. The molecule has 3 N–H and O–H groups in total. The number of rotatable bonds is 8.